The lowest BCUT2D eigenvalue weighted by atomic mass is 9.95. The first-order valence-electron chi connectivity index (χ1n) is 11.5. The third kappa shape index (κ3) is 4.35. The molecular weight excluding hydrogens is 453 g/mol. The summed E-state index contributed by atoms with van der Waals surface area (Å²) in [6, 6.07) is 20.3. The van der Waals surface area contributed by atoms with Crippen molar-refractivity contribution in [2.45, 2.75) is 32.9 Å². The van der Waals surface area contributed by atoms with E-state index in [1.165, 1.54) is 21.8 Å². The number of para-hydroxylation sites is 1. The largest absolute Gasteiger partial charge is 0.341 e. The molecule has 2 heterocycles. The average Bonchev–Trinajstić information content (AvgIpc) is 3.15. The number of piperidine rings is 1. The van der Waals surface area contributed by atoms with Crippen molar-refractivity contribution in [3.05, 3.63) is 76.3 Å². The minimum Gasteiger partial charge on any atom is -0.341 e. The Morgan fingerprint density at radius 1 is 0.939 bits per heavy atom. The first-order valence-corrected chi connectivity index (χ1v) is 12.3. The van der Waals surface area contributed by atoms with Gasteiger partial charge in [0.15, 0.2) is 0 Å². The van der Waals surface area contributed by atoms with Crippen LogP contribution in [0.4, 0.5) is 5.69 Å². The van der Waals surface area contributed by atoms with Gasteiger partial charge in [-0.25, -0.2) is 0 Å². The van der Waals surface area contributed by atoms with E-state index in [0.717, 1.165) is 43.7 Å². The maximum Gasteiger partial charge on any atom is 0.227 e. The molecular formula is C27H27Cl2N3O. The summed E-state index contributed by atoms with van der Waals surface area (Å²) in [6.45, 7) is 5.48. The number of aromatic nitrogens is 1. The van der Waals surface area contributed by atoms with Gasteiger partial charge in [0.2, 0.25) is 5.91 Å². The number of carbonyl (C=O) groups is 1. The summed E-state index contributed by atoms with van der Waals surface area (Å²) in [5.41, 5.74) is 4.24. The molecule has 6 heteroatoms. The number of anilines is 1. The normalized spacial score (nSPS) is 15.4. The topological polar surface area (TPSA) is 37.3 Å². The molecule has 0 bridgehead atoms. The number of hydrogen-bond donors (Lipinski definition) is 1. The number of likely N-dealkylation sites (tertiary alicyclic amines) is 1. The van der Waals surface area contributed by atoms with Gasteiger partial charge in [-0.3, -0.25) is 9.69 Å². The summed E-state index contributed by atoms with van der Waals surface area (Å²) >= 11 is 12.7. The maximum atomic E-state index is 13.0. The Labute approximate surface area is 204 Å². The van der Waals surface area contributed by atoms with Crippen LogP contribution < -0.4 is 5.32 Å². The molecule has 5 rings (SSSR count). The van der Waals surface area contributed by atoms with Crippen LogP contribution in [0.15, 0.2) is 60.7 Å². The molecule has 0 aliphatic carbocycles. The zero-order valence-corrected chi connectivity index (χ0v) is 20.2. The van der Waals surface area contributed by atoms with E-state index in [9.17, 15) is 4.79 Å². The Hall–Kier alpha value is -2.53. The third-order valence-corrected chi connectivity index (χ3v) is 7.47. The van der Waals surface area contributed by atoms with E-state index < -0.39 is 0 Å². The molecule has 1 fully saturated rings. The van der Waals surface area contributed by atoms with Crippen LogP contribution in [0.5, 0.6) is 0 Å². The SMILES string of the molecule is CCn1c2ccccc2c2cc(NC(=O)C3CCN(Cc4c(Cl)cccc4Cl)CC3)ccc21. The summed E-state index contributed by atoms with van der Waals surface area (Å²) in [5.74, 6) is 0.111. The van der Waals surface area contributed by atoms with Gasteiger partial charge in [-0.05, 0) is 69.3 Å². The number of nitrogens with one attached hydrogen (secondary N) is 1. The second-order valence-corrected chi connectivity index (χ2v) is 9.55. The van der Waals surface area contributed by atoms with Crippen molar-refractivity contribution >= 4 is 56.6 Å². The Kier molecular flexibility index (Phi) is 6.33. The molecule has 170 valence electrons. The Morgan fingerprint density at radius 2 is 1.64 bits per heavy atom. The molecule has 1 saturated heterocycles. The number of rotatable bonds is 5. The van der Waals surface area contributed by atoms with Crippen molar-refractivity contribution in [3.63, 3.8) is 0 Å². The third-order valence-electron chi connectivity index (χ3n) is 6.76. The summed E-state index contributed by atoms with van der Waals surface area (Å²) in [7, 11) is 0. The summed E-state index contributed by atoms with van der Waals surface area (Å²) in [4.78, 5) is 15.3. The van der Waals surface area contributed by atoms with Crippen LogP contribution in [0.3, 0.4) is 0 Å². The van der Waals surface area contributed by atoms with E-state index in [2.05, 4.69) is 58.1 Å². The molecule has 1 aliphatic heterocycles. The van der Waals surface area contributed by atoms with E-state index in [0.29, 0.717) is 16.6 Å². The predicted molar refractivity (Wildman–Crippen MR) is 138 cm³/mol. The van der Waals surface area contributed by atoms with Gasteiger partial charge in [0.05, 0.1) is 0 Å². The Morgan fingerprint density at radius 3 is 2.36 bits per heavy atom. The highest BCUT2D eigenvalue weighted by Gasteiger charge is 2.26. The van der Waals surface area contributed by atoms with E-state index in [1.54, 1.807) is 0 Å². The highest BCUT2D eigenvalue weighted by molar-refractivity contribution is 6.36. The van der Waals surface area contributed by atoms with E-state index in [-0.39, 0.29) is 11.8 Å². The number of hydrogen-bond acceptors (Lipinski definition) is 2. The van der Waals surface area contributed by atoms with Crippen LogP contribution in [0.2, 0.25) is 10.0 Å². The van der Waals surface area contributed by atoms with Gasteiger partial charge in [0, 0.05) is 62.1 Å². The summed E-state index contributed by atoms with van der Waals surface area (Å²) in [6.07, 6.45) is 1.65. The summed E-state index contributed by atoms with van der Waals surface area (Å²) in [5, 5.41) is 6.96. The Balaban J connectivity index is 1.26. The van der Waals surface area contributed by atoms with Gasteiger partial charge in [0.1, 0.15) is 0 Å². The highest BCUT2D eigenvalue weighted by Crippen LogP contribution is 2.32. The number of fused-ring (bicyclic) bond motifs is 3. The van der Waals surface area contributed by atoms with Crippen LogP contribution in [0.1, 0.15) is 25.3 Å². The number of carbonyl (C=O) groups excluding carboxylic acids is 1. The molecule has 0 spiro atoms. The second-order valence-electron chi connectivity index (χ2n) is 8.73. The highest BCUT2D eigenvalue weighted by atomic mass is 35.5. The van der Waals surface area contributed by atoms with Crippen LogP contribution in [0, 0.1) is 5.92 Å². The van der Waals surface area contributed by atoms with Gasteiger partial charge in [-0.2, -0.15) is 0 Å². The molecule has 0 unspecified atom stereocenters. The van der Waals surface area contributed by atoms with Crippen molar-refractivity contribution in [1.29, 1.82) is 0 Å². The fraction of sp³-hybridized carbons (Fsp3) is 0.296. The lowest BCUT2D eigenvalue weighted by molar-refractivity contribution is -0.121. The minimum absolute atomic E-state index is 0.00986. The molecule has 4 aromatic rings. The van der Waals surface area contributed by atoms with Crippen molar-refractivity contribution in [2.24, 2.45) is 5.92 Å². The van der Waals surface area contributed by atoms with Crippen LogP contribution in [-0.2, 0) is 17.9 Å². The van der Waals surface area contributed by atoms with Crippen molar-refractivity contribution in [2.75, 3.05) is 18.4 Å². The number of aryl methyl sites for hydroxylation is 1. The van der Waals surface area contributed by atoms with Crippen molar-refractivity contribution in [3.8, 4) is 0 Å². The second kappa shape index (κ2) is 9.38. The lowest BCUT2D eigenvalue weighted by Gasteiger charge is -2.31. The van der Waals surface area contributed by atoms with E-state index in [1.807, 2.05) is 24.3 Å². The number of amides is 1. The molecule has 3 aromatic carbocycles. The van der Waals surface area contributed by atoms with Crippen LogP contribution in [0.25, 0.3) is 21.8 Å². The first kappa shape index (κ1) is 22.3. The molecule has 0 atom stereocenters. The number of nitrogens with zero attached hydrogens (tertiary/aromatic N) is 2. The van der Waals surface area contributed by atoms with Crippen molar-refractivity contribution < 1.29 is 4.79 Å². The molecule has 1 aliphatic rings. The minimum atomic E-state index is 0.00986. The number of benzene rings is 3. The molecule has 1 N–H and O–H groups in total. The van der Waals surface area contributed by atoms with Gasteiger partial charge in [0.25, 0.3) is 0 Å². The van der Waals surface area contributed by atoms with Crippen LogP contribution >= 0.6 is 23.2 Å². The smallest absolute Gasteiger partial charge is 0.227 e. The zero-order chi connectivity index (χ0) is 22.9. The summed E-state index contributed by atoms with van der Waals surface area (Å²) < 4.78 is 2.32. The van der Waals surface area contributed by atoms with Gasteiger partial charge in [-0.1, -0.05) is 47.5 Å². The fourth-order valence-electron chi connectivity index (χ4n) is 4.98. The monoisotopic (exact) mass is 479 g/mol. The molecule has 0 saturated carbocycles. The molecule has 1 aromatic heterocycles. The van der Waals surface area contributed by atoms with Gasteiger partial charge in [-0.15, -0.1) is 0 Å². The van der Waals surface area contributed by atoms with Gasteiger partial charge >= 0.3 is 0 Å². The molecule has 4 nitrogen and oxygen atoms in total. The standard InChI is InChI=1S/C27H27Cl2N3O/c1-2-32-25-9-4-3-6-20(25)21-16-19(10-11-26(21)32)30-27(33)18-12-14-31(15-13-18)17-22-23(28)7-5-8-24(22)29/h3-11,16,18H,2,12-15,17H2,1H3,(H,30,33). The quantitative estimate of drug-likeness (QED) is 0.335. The lowest BCUT2D eigenvalue weighted by Crippen LogP contribution is -2.37. The maximum absolute atomic E-state index is 13.0. The first-order chi connectivity index (χ1) is 16.0. The Bertz CT molecular complexity index is 1300. The van der Waals surface area contributed by atoms with E-state index >= 15 is 0 Å². The predicted octanol–water partition coefficient (Wildman–Crippen LogP) is 6.97. The van der Waals surface area contributed by atoms with E-state index in [4.69, 9.17) is 23.2 Å². The fourth-order valence-corrected chi connectivity index (χ4v) is 5.49. The van der Waals surface area contributed by atoms with Gasteiger partial charge < -0.3 is 9.88 Å². The molecule has 0 radical (unpaired) electrons. The molecule has 1 amide bonds. The average molecular weight is 480 g/mol. The zero-order valence-electron chi connectivity index (χ0n) is 18.7. The number of halogens is 2. The van der Waals surface area contributed by atoms with Crippen molar-refractivity contribution in [1.82, 2.24) is 9.47 Å². The molecule has 33 heavy (non-hydrogen) atoms. The van der Waals surface area contributed by atoms with Crippen LogP contribution in [-0.4, -0.2) is 28.5 Å².